The first-order valence-electron chi connectivity index (χ1n) is 7.48. The molecule has 1 fully saturated rings. The van der Waals surface area contributed by atoms with Gasteiger partial charge < -0.3 is 15.4 Å². The number of H-pyrrole nitrogens is 1. The molecule has 1 aliphatic carbocycles. The van der Waals surface area contributed by atoms with Crippen molar-refractivity contribution in [3.63, 3.8) is 0 Å². The number of rotatable bonds is 3. The summed E-state index contributed by atoms with van der Waals surface area (Å²) < 4.78 is 0.315. The van der Waals surface area contributed by atoms with Crippen LogP contribution in [0, 0.1) is 11.3 Å². The minimum Gasteiger partial charge on any atom is -0.394 e. The zero-order valence-electron chi connectivity index (χ0n) is 13.2. The summed E-state index contributed by atoms with van der Waals surface area (Å²) in [5.41, 5.74) is -0.448. The van der Waals surface area contributed by atoms with Gasteiger partial charge in [-0.1, -0.05) is 20.8 Å². The molecule has 1 saturated carbocycles. The maximum Gasteiger partial charge on any atom is 0.262 e. The van der Waals surface area contributed by atoms with Crippen molar-refractivity contribution in [1.29, 1.82) is 0 Å². The second-order valence-corrected chi connectivity index (χ2v) is 8.17. The zero-order valence-corrected chi connectivity index (χ0v) is 14.8. The smallest absolute Gasteiger partial charge is 0.262 e. The lowest BCUT2D eigenvalue weighted by molar-refractivity contribution is 0.0334. The number of carbonyl (C=O) groups excluding carboxylic acids is 1. The number of halogens is 1. The molecule has 122 valence electrons. The van der Waals surface area contributed by atoms with Gasteiger partial charge in [0.2, 0.25) is 0 Å². The first-order chi connectivity index (χ1) is 10.2. The summed E-state index contributed by atoms with van der Waals surface area (Å²) in [5.74, 6) is 0.148. The Kier molecular flexibility index (Phi) is 4.82. The molecule has 2 unspecified atom stereocenters. The van der Waals surface area contributed by atoms with Gasteiger partial charge in [-0.3, -0.25) is 9.59 Å². The molecule has 0 radical (unpaired) electrons. The van der Waals surface area contributed by atoms with Crippen LogP contribution in [0.4, 0.5) is 0 Å². The van der Waals surface area contributed by atoms with Crippen LogP contribution in [0.15, 0.2) is 21.5 Å². The molecule has 0 saturated heterocycles. The van der Waals surface area contributed by atoms with Crippen molar-refractivity contribution in [2.75, 3.05) is 6.61 Å². The van der Waals surface area contributed by atoms with Gasteiger partial charge in [-0.05, 0) is 52.6 Å². The van der Waals surface area contributed by atoms with E-state index >= 15 is 0 Å². The van der Waals surface area contributed by atoms with E-state index in [9.17, 15) is 14.7 Å². The Morgan fingerprint density at radius 2 is 2.18 bits per heavy atom. The van der Waals surface area contributed by atoms with Crippen LogP contribution in [0.2, 0.25) is 0 Å². The summed E-state index contributed by atoms with van der Waals surface area (Å²) >= 11 is 3.12. The number of amides is 1. The Balaban J connectivity index is 2.23. The molecule has 1 aromatic heterocycles. The molecule has 0 aromatic carbocycles. The van der Waals surface area contributed by atoms with E-state index in [1.165, 1.54) is 12.3 Å². The Bertz CT molecular complexity index is 626. The second kappa shape index (κ2) is 6.16. The van der Waals surface area contributed by atoms with Gasteiger partial charge in [0.25, 0.3) is 11.5 Å². The number of pyridine rings is 1. The lowest BCUT2D eigenvalue weighted by atomic mass is 9.64. The minimum absolute atomic E-state index is 0.0687. The first-order valence-corrected chi connectivity index (χ1v) is 8.27. The maximum atomic E-state index is 12.5. The fraction of sp³-hybridized carbons (Fsp3) is 0.625. The highest BCUT2D eigenvalue weighted by molar-refractivity contribution is 9.10. The molecule has 0 aliphatic heterocycles. The van der Waals surface area contributed by atoms with Crippen molar-refractivity contribution in [2.24, 2.45) is 11.3 Å². The van der Waals surface area contributed by atoms with Crippen LogP contribution in [0.5, 0.6) is 0 Å². The van der Waals surface area contributed by atoms with E-state index in [-0.39, 0.29) is 23.5 Å². The summed E-state index contributed by atoms with van der Waals surface area (Å²) in [7, 11) is 0. The molecule has 1 aromatic rings. The molecule has 3 N–H and O–H groups in total. The van der Waals surface area contributed by atoms with Crippen LogP contribution in [0.3, 0.4) is 0 Å². The molecule has 5 nitrogen and oxygen atoms in total. The third kappa shape index (κ3) is 3.79. The normalized spacial score (nSPS) is 27.4. The predicted molar refractivity (Wildman–Crippen MR) is 88.8 cm³/mol. The molecular formula is C16H23BrN2O3. The summed E-state index contributed by atoms with van der Waals surface area (Å²) in [6.45, 7) is 6.39. The first kappa shape index (κ1) is 17.2. The van der Waals surface area contributed by atoms with Crippen molar-refractivity contribution >= 4 is 21.8 Å². The van der Waals surface area contributed by atoms with Crippen molar-refractivity contribution in [1.82, 2.24) is 10.3 Å². The fourth-order valence-corrected chi connectivity index (χ4v) is 4.26. The third-order valence-corrected chi connectivity index (χ3v) is 4.85. The lowest BCUT2D eigenvalue weighted by Gasteiger charge is -2.47. The van der Waals surface area contributed by atoms with E-state index in [1.807, 2.05) is 0 Å². The molecule has 6 heteroatoms. The molecule has 22 heavy (non-hydrogen) atoms. The summed E-state index contributed by atoms with van der Waals surface area (Å²) in [4.78, 5) is 26.4. The molecule has 2 atom stereocenters. The molecular weight excluding hydrogens is 348 g/mol. The van der Waals surface area contributed by atoms with E-state index in [2.05, 4.69) is 47.0 Å². The Morgan fingerprint density at radius 1 is 1.50 bits per heavy atom. The topological polar surface area (TPSA) is 82.2 Å². The average Bonchev–Trinajstić information content (AvgIpc) is 2.39. The zero-order chi connectivity index (χ0) is 16.5. The van der Waals surface area contributed by atoms with Crippen molar-refractivity contribution < 1.29 is 9.90 Å². The van der Waals surface area contributed by atoms with Gasteiger partial charge in [0, 0.05) is 6.20 Å². The van der Waals surface area contributed by atoms with Gasteiger partial charge in [-0.2, -0.15) is 0 Å². The number of aliphatic hydroxyl groups is 1. The molecule has 2 rings (SSSR count). The molecule has 0 spiro atoms. The Labute approximate surface area is 138 Å². The van der Waals surface area contributed by atoms with Crippen molar-refractivity contribution in [3.8, 4) is 0 Å². The quantitative estimate of drug-likeness (QED) is 0.763. The largest absolute Gasteiger partial charge is 0.394 e. The van der Waals surface area contributed by atoms with Crippen LogP contribution >= 0.6 is 15.9 Å². The second-order valence-electron chi connectivity index (χ2n) is 7.31. The summed E-state index contributed by atoms with van der Waals surface area (Å²) in [6.07, 6.45) is 3.96. The average molecular weight is 371 g/mol. The SMILES string of the molecule is CC1CC(C)(C)CC(CO)(NC(=O)c2c[nH]c(=O)c(Br)c2)C1. The molecule has 1 amide bonds. The van der Waals surface area contributed by atoms with E-state index < -0.39 is 5.54 Å². The van der Waals surface area contributed by atoms with Gasteiger partial charge in [-0.15, -0.1) is 0 Å². The van der Waals surface area contributed by atoms with Crippen LogP contribution in [-0.2, 0) is 0 Å². The number of carbonyl (C=O) groups is 1. The van der Waals surface area contributed by atoms with E-state index in [1.54, 1.807) is 0 Å². The van der Waals surface area contributed by atoms with Crippen LogP contribution in [-0.4, -0.2) is 28.1 Å². The standard InChI is InChI=1S/C16H23BrN2O3/c1-10-5-15(2,3)8-16(6-10,9-20)19-13(21)11-4-12(17)14(22)18-7-11/h4,7,10,20H,5-6,8-9H2,1-3H3,(H,18,22)(H,19,21). The molecule has 0 bridgehead atoms. The Hall–Kier alpha value is -1.14. The van der Waals surface area contributed by atoms with Gasteiger partial charge >= 0.3 is 0 Å². The van der Waals surface area contributed by atoms with Crippen molar-refractivity contribution in [3.05, 3.63) is 32.7 Å². The third-order valence-electron chi connectivity index (χ3n) is 4.26. The van der Waals surface area contributed by atoms with Crippen LogP contribution in [0.25, 0.3) is 0 Å². The number of hydrogen-bond donors (Lipinski definition) is 3. The van der Waals surface area contributed by atoms with Crippen molar-refractivity contribution in [2.45, 2.75) is 45.6 Å². The van der Waals surface area contributed by atoms with E-state index in [4.69, 9.17) is 0 Å². The Morgan fingerprint density at radius 3 is 2.73 bits per heavy atom. The van der Waals surface area contributed by atoms with Gasteiger partial charge in [0.15, 0.2) is 0 Å². The predicted octanol–water partition coefficient (Wildman–Crippen LogP) is 2.44. The summed E-state index contributed by atoms with van der Waals surface area (Å²) in [6, 6.07) is 1.50. The highest BCUT2D eigenvalue weighted by Gasteiger charge is 2.43. The minimum atomic E-state index is -0.610. The molecule has 1 aliphatic rings. The van der Waals surface area contributed by atoms with Crippen LogP contribution in [0.1, 0.15) is 50.4 Å². The number of hydrogen-bond acceptors (Lipinski definition) is 3. The maximum absolute atomic E-state index is 12.5. The summed E-state index contributed by atoms with van der Waals surface area (Å²) in [5, 5.41) is 12.9. The number of aliphatic hydroxyl groups excluding tert-OH is 1. The van der Waals surface area contributed by atoms with E-state index in [0.717, 1.165) is 19.3 Å². The highest BCUT2D eigenvalue weighted by Crippen LogP contribution is 2.43. The fourth-order valence-electron chi connectivity index (χ4n) is 3.90. The lowest BCUT2D eigenvalue weighted by Crippen LogP contribution is -2.57. The van der Waals surface area contributed by atoms with Crippen LogP contribution < -0.4 is 10.9 Å². The number of aromatic amines is 1. The van der Waals surface area contributed by atoms with Gasteiger partial charge in [0.05, 0.1) is 22.2 Å². The molecule has 1 heterocycles. The van der Waals surface area contributed by atoms with Gasteiger partial charge in [-0.25, -0.2) is 0 Å². The number of aromatic nitrogens is 1. The van der Waals surface area contributed by atoms with E-state index in [0.29, 0.717) is 16.0 Å². The monoisotopic (exact) mass is 370 g/mol. The highest BCUT2D eigenvalue weighted by atomic mass is 79.9. The number of nitrogens with one attached hydrogen (secondary N) is 2. The van der Waals surface area contributed by atoms with Gasteiger partial charge in [0.1, 0.15) is 0 Å².